The van der Waals surface area contributed by atoms with Gasteiger partial charge in [-0.05, 0) is 56.7 Å². The van der Waals surface area contributed by atoms with Crippen LogP contribution in [0.2, 0.25) is 0 Å². The highest BCUT2D eigenvalue weighted by Crippen LogP contribution is 2.24. The fourth-order valence-electron chi connectivity index (χ4n) is 3.01. The van der Waals surface area contributed by atoms with E-state index >= 15 is 0 Å². The number of benzene rings is 2. The summed E-state index contributed by atoms with van der Waals surface area (Å²) in [6.45, 7) is 8.49. The third-order valence-corrected chi connectivity index (χ3v) is 5.70. The number of carbonyl (C=O) groups excluding carboxylic acids is 1. The molecule has 0 saturated heterocycles. The summed E-state index contributed by atoms with van der Waals surface area (Å²) >= 11 is 0. The standard InChI is InChI=1S/C26H36N4O7/c1-4-26(2,3)25(32)37-17-14-29(13-16-35-19-20-36-18-15-31)23-9-5-21(6-10-23)27-28-22-7-11-24(12-8-22)30(33)34/h5-12,31H,4,13-20H2,1-3H3. The molecule has 0 aliphatic rings. The Kier molecular flexibility index (Phi) is 12.6. The number of azo groups is 1. The molecular formula is C26H36N4O7. The SMILES string of the molecule is CCC(C)(C)C(=O)OCCN(CCOCCOCCO)c1ccc(N=Nc2ccc([N+](=O)[O-])cc2)cc1. The van der Waals surface area contributed by atoms with Crippen LogP contribution in [-0.4, -0.2) is 68.7 Å². The van der Waals surface area contributed by atoms with E-state index in [9.17, 15) is 14.9 Å². The van der Waals surface area contributed by atoms with Gasteiger partial charge in [-0.15, -0.1) is 0 Å². The molecule has 0 radical (unpaired) electrons. The van der Waals surface area contributed by atoms with Crippen molar-refractivity contribution in [2.45, 2.75) is 27.2 Å². The molecule has 0 saturated carbocycles. The van der Waals surface area contributed by atoms with E-state index in [-0.39, 0.29) is 31.5 Å². The molecule has 11 nitrogen and oxygen atoms in total. The number of nitrogens with zero attached hydrogens (tertiary/aromatic N) is 4. The number of esters is 1. The van der Waals surface area contributed by atoms with Crippen LogP contribution in [0.15, 0.2) is 58.8 Å². The summed E-state index contributed by atoms with van der Waals surface area (Å²) < 4.78 is 16.3. The van der Waals surface area contributed by atoms with E-state index in [2.05, 4.69) is 15.1 Å². The highest BCUT2D eigenvalue weighted by molar-refractivity contribution is 5.75. The van der Waals surface area contributed by atoms with Gasteiger partial charge in [-0.2, -0.15) is 10.2 Å². The van der Waals surface area contributed by atoms with Crippen LogP contribution in [0, 0.1) is 15.5 Å². The lowest BCUT2D eigenvalue weighted by Crippen LogP contribution is -2.34. The Bertz CT molecular complexity index is 995. The second kappa shape index (κ2) is 15.6. The molecule has 0 amide bonds. The second-order valence-electron chi connectivity index (χ2n) is 8.80. The number of rotatable bonds is 17. The van der Waals surface area contributed by atoms with E-state index in [1.54, 1.807) is 0 Å². The van der Waals surface area contributed by atoms with Gasteiger partial charge in [-0.1, -0.05) is 6.92 Å². The lowest BCUT2D eigenvalue weighted by atomic mass is 9.91. The third kappa shape index (κ3) is 10.6. The number of ether oxygens (including phenoxy) is 3. The van der Waals surface area contributed by atoms with Gasteiger partial charge in [0.1, 0.15) is 6.61 Å². The van der Waals surface area contributed by atoms with Gasteiger partial charge in [0, 0.05) is 24.4 Å². The summed E-state index contributed by atoms with van der Waals surface area (Å²) in [6, 6.07) is 13.2. The fourth-order valence-corrected chi connectivity index (χ4v) is 3.01. The fraction of sp³-hybridized carbons (Fsp3) is 0.500. The van der Waals surface area contributed by atoms with Crippen molar-refractivity contribution in [1.82, 2.24) is 0 Å². The number of aliphatic hydroxyl groups is 1. The first-order valence-electron chi connectivity index (χ1n) is 12.2. The highest BCUT2D eigenvalue weighted by atomic mass is 16.6. The zero-order valence-corrected chi connectivity index (χ0v) is 21.7. The molecule has 0 aromatic heterocycles. The van der Waals surface area contributed by atoms with Crippen molar-refractivity contribution in [2.24, 2.45) is 15.6 Å². The first-order valence-corrected chi connectivity index (χ1v) is 12.2. The van der Waals surface area contributed by atoms with Crippen LogP contribution in [0.3, 0.4) is 0 Å². The molecule has 0 aliphatic heterocycles. The van der Waals surface area contributed by atoms with Crippen LogP contribution in [-0.2, 0) is 19.0 Å². The van der Waals surface area contributed by atoms with Crippen molar-refractivity contribution in [3.05, 3.63) is 58.6 Å². The normalized spacial score (nSPS) is 11.6. The molecule has 0 spiro atoms. The van der Waals surface area contributed by atoms with Crippen molar-refractivity contribution in [2.75, 3.05) is 57.6 Å². The number of non-ortho nitro benzene ring substituents is 1. The lowest BCUT2D eigenvalue weighted by molar-refractivity contribution is -0.384. The molecule has 1 N–H and O–H groups in total. The minimum absolute atomic E-state index is 0.00556. The van der Waals surface area contributed by atoms with Gasteiger partial charge in [0.05, 0.1) is 61.3 Å². The van der Waals surface area contributed by atoms with E-state index in [1.807, 2.05) is 45.0 Å². The Morgan fingerprint density at radius 2 is 1.46 bits per heavy atom. The minimum atomic E-state index is -0.529. The maximum Gasteiger partial charge on any atom is 0.311 e. The average molecular weight is 517 g/mol. The summed E-state index contributed by atoms with van der Waals surface area (Å²) in [5.74, 6) is -0.228. The zero-order chi connectivity index (χ0) is 27.1. The maximum atomic E-state index is 12.3. The van der Waals surface area contributed by atoms with Gasteiger partial charge in [0.2, 0.25) is 0 Å². The number of hydrogen-bond acceptors (Lipinski definition) is 10. The van der Waals surface area contributed by atoms with Crippen molar-refractivity contribution in [3.8, 4) is 0 Å². The van der Waals surface area contributed by atoms with Crippen LogP contribution in [0.1, 0.15) is 27.2 Å². The molecule has 37 heavy (non-hydrogen) atoms. The Morgan fingerprint density at radius 1 is 0.919 bits per heavy atom. The van der Waals surface area contributed by atoms with E-state index in [1.165, 1.54) is 24.3 Å². The van der Waals surface area contributed by atoms with Crippen molar-refractivity contribution >= 4 is 28.7 Å². The van der Waals surface area contributed by atoms with Gasteiger partial charge in [-0.3, -0.25) is 14.9 Å². The summed E-state index contributed by atoms with van der Waals surface area (Å²) in [7, 11) is 0. The van der Waals surface area contributed by atoms with E-state index in [0.29, 0.717) is 50.7 Å². The van der Waals surface area contributed by atoms with Gasteiger partial charge in [-0.25, -0.2) is 0 Å². The summed E-state index contributed by atoms with van der Waals surface area (Å²) in [5, 5.41) is 27.8. The number of anilines is 1. The average Bonchev–Trinajstić information content (AvgIpc) is 2.90. The van der Waals surface area contributed by atoms with E-state index < -0.39 is 10.3 Å². The molecule has 0 heterocycles. The minimum Gasteiger partial charge on any atom is -0.463 e. The second-order valence-corrected chi connectivity index (χ2v) is 8.80. The van der Waals surface area contributed by atoms with E-state index in [4.69, 9.17) is 19.3 Å². The number of carbonyl (C=O) groups is 1. The molecule has 0 aliphatic carbocycles. The molecule has 2 rings (SSSR count). The molecule has 2 aromatic carbocycles. The van der Waals surface area contributed by atoms with Crippen molar-refractivity contribution in [3.63, 3.8) is 0 Å². The predicted octanol–water partition coefficient (Wildman–Crippen LogP) is 4.82. The largest absolute Gasteiger partial charge is 0.463 e. The first kappa shape index (κ1) is 29.8. The maximum absolute atomic E-state index is 12.3. The highest BCUT2D eigenvalue weighted by Gasteiger charge is 2.27. The van der Waals surface area contributed by atoms with Crippen LogP contribution < -0.4 is 4.90 Å². The van der Waals surface area contributed by atoms with Gasteiger partial charge >= 0.3 is 5.97 Å². The third-order valence-electron chi connectivity index (χ3n) is 5.70. The molecule has 202 valence electrons. The molecule has 0 unspecified atom stereocenters. The number of nitro benzene ring substituents is 1. The molecule has 0 fully saturated rings. The Hall–Kier alpha value is -3.41. The van der Waals surface area contributed by atoms with Crippen LogP contribution in [0.5, 0.6) is 0 Å². The number of aliphatic hydroxyl groups excluding tert-OH is 1. The lowest BCUT2D eigenvalue weighted by Gasteiger charge is -2.26. The van der Waals surface area contributed by atoms with Crippen molar-refractivity contribution < 1.29 is 29.0 Å². The molecular weight excluding hydrogens is 480 g/mol. The summed E-state index contributed by atoms with van der Waals surface area (Å²) in [6.07, 6.45) is 0.692. The Morgan fingerprint density at radius 3 is 2.00 bits per heavy atom. The first-order chi connectivity index (χ1) is 17.8. The molecule has 0 atom stereocenters. The topological polar surface area (TPSA) is 136 Å². The monoisotopic (exact) mass is 516 g/mol. The van der Waals surface area contributed by atoms with Crippen molar-refractivity contribution in [1.29, 1.82) is 0 Å². The number of hydrogen-bond donors (Lipinski definition) is 1. The van der Waals surface area contributed by atoms with Gasteiger partial charge < -0.3 is 24.2 Å². The smallest absolute Gasteiger partial charge is 0.311 e. The molecule has 0 bridgehead atoms. The van der Waals surface area contributed by atoms with Crippen LogP contribution in [0.25, 0.3) is 0 Å². The van der Waals surface area contributed by atoms with Crippen LogP contribution in [0.4, 0.5) is 22.7 Å². The van der Waals surface area contributed by atoms with Gasteiger partial charge in [0.15, 0.2) is 0 Å². The molecule has 11 heteroatoms. The Labute approximate surface area is 217 Å². The zero-order valence-electron chi connectivity index (χ0n) is 21.7. The predicted molar refractivity (Wildman–Crippen MR) is 140 cm³/mol. The summed E-state index contributed by atoms with van der Waals surface area (Å²) in [5.41, 5.74) is 1.50. The quantitative estimate of drug-likeness (QED) is 0.104. The number of nitro groups is 1. The van der Waals surface area contributed by atoms with Gasteiger partial charge in [0.25, 0.3) is 5.69 Å². The molecule has 2 aromatic rings. The summed E-state index contributed by atoms with van der Waals surface area (Å²) in [4.78, 5) is 24.7. The van der Waals surface area contributed by atoms with E-state index in [0.717, 1.165) is 5.69 Å². The Balaban J connectivity index is 1.98. The van der Waals surface area contributed by atoms with Crippen LogP contribution >= 0.6 is 0 Å².